The number of aliphatic hydroxyl groups is 1. The second kappa shape index (κ2) is 7.31. The van der Waals surface area contributed by atoms with Crippen molar-refractivity contribution in [1.82, 2.24) is 4.90 Å². The Balaban J connectivity index is 1.60. The normalized spacial score (nSPS) is 30.2. The molecule has 4 atom stereocenters. The highest BCUT2D eigenvalue weighted by Crippen LogP contribution is 2.52. The monoisotopic (exact) mass is 567 g/mol. The Labute approximate surface area is 201 Å². The Morgan fingerprint density at radius 3 is 2.69 bits per heavy atom. The van der Waals surface area contributed by atoms with Crippen molar-refractivity contribution in [1.29, 1.82) is 0 Å². The number of anilines is 1. The van der Waals surface area contributed by atoms with Crippen molar-refractivity contribution in [3.8, 4) is 0 Å². The number of nitrogens with one attached hydrogen (secondary N) is 1. The van der Waals surface area contributed by atoms with Gasteiger partial charge in [0.2, 0.25) is 0 Å². The second-order valence-electron chi connectivity index (χ2n) is 10.2. The van der Waals surface area contributed by atoms with E-state index in [4.69, 9.17) is 0 Å². The zero-order valence-electron chi connectivity index (χ0n) is 18.2. The summed E-state index contributed by atoms with van der Waals surface area (Å²) in [6, 6.07) is 4.89. The van der Waals surface area contributed by atoms with Crippen LogP contribution in [0.15, 0.2) is 51.0 Å². The zero-order valence-corrected chi connectivity index (χ0v) is 21.1. The summed E-state index contributed by atoms with van der Waals surface area (Å²) in [7, 11) is -4.00. The Bertz CT molecular complexity index is 1210. The molecular weight excluding hydrogens is 541 g/mol. The zero-order chi connectivity index (χ0) is 23.0. The van der Waals surface area contributed by atoms with E-state index < -0.39 is 10.0 Å². The third-order valence-electron chi connectivity index (χ3n) is 6.85. The maximum atomic E-state index is 13.7. The minimum Gasteiger partial charge on any atom is -0.511 e. The number of carbonyl (C=O) groups is 1. The molecule has 170 valence electrons. The average Bonchev–Trinajstić information content (AvgIpc) is 3.29. The fourth-order valence-corrected chi connectivity index (χ4v) is 7.16. The van der Waals surface area contributed by atoms with Crippen LogP contribution in [-0.4, -0.2) is 42.8 Å². The van der Waals surface area contributed by atoms with Gasteiger partial charge in [-0.25, -0.2) is 0 Å². The molecular formula is C23H26IN3O4S. The predicted octanol–water partition coefficient (Wildman–Crippen LogP) is 4.09. The lowest BCUT2D eigenvalue weighted by Gasteiger charge is -2.43. The van der Waals surface area contributed by atoms with Gasteiger partial charge in [0.15, 0.2) is 5.84 Å². The van der Waals surface area contributed by atoms with Crippen molar-refractivity contribution >= 4 is 50.0 Å². The van der Waals surface area contributed by atoms with Gasteiger partial charge in [-0.05, 0) is 70.9 Å². The fraction of sp³-hybridized carbons (Fsp3) is 0.478. The number of nitrogens with zero attached hydrogens (tertiary/aromatic N) is 2. The van der Waals surface area contributed by atoms with Crippen molar-refractivity contribution < 1.29 is 18.3 Å². The average molecular weight is 567 g/mol. The molecule has 0 spiro atoms. The highest BCUT2D eigenvalue weighted by atomic mass is 127. The van der Waals surface area contributed by atoms with E-state index in [0.717, 1.165) is 16.4 Å². The number of carbonyl (C=O) groups excluding carboxylic acids is 1. The highest BCUT2D eigenvalue weighted by Gasteiger charge is 2.55. The van der Waals surface area contributed by atoms with Gasteiger partial charge >= 0.3 is 0 Å². The lowest BCUT2D eigenvalue weighted by Crippen LogP contribution is -2.54. The van der Waals surface area contributed by atoms with Gasteiger partial charge in [0, 0.05) is 22.1 Å². The Kier molecular flexibility index (Phi) is 5.01. The molecule has 4 aliphatic rings. The topological polar surface area (TPSA) is 99.1 Å². The van der Waals surface area contributed by atoms with Crippen molar-refractivity contribution in [3.63, 3.8) is 0 Å². The van der Waals surface area contributed by atoms with E-state index in [0.29, 0.717) is 12.2 Å². The van der Waals surface area contributed by atoms with Crippen LogP contribution in [0.2, 0.25) is 0 Å². The molecule has 2 N–H and O–H groups in total. The van der Waals surface area contributed by atoms with Gasteiger partial charge in [0.05, 0.1) is 5.69 Å². The SMILES string of the molecule is CC(C)(C)CCN1C(=O)C(C2=NS(=O)(=O)c3cc(I)ccc3N2)=C(O)C2C3C=CC(C3)C21. The molecule has 1 fully saturated rings. The van der Waals surface area contributed by atoms with Gasteiger partial charge in [-0.2, -0.15) is 8.42 Å². The number of aliphatic hydroxyl groups excluding tert-OH is 1. The summed E-state index contributed by atoms with van der Waals surface area (Å²) in [5.74, 6) is -0.371. The lowest BCUT2D eigenvalue weighted by molar-refractivity contribution is -0.132. The third-order valence-corrected chi connectivity index (χ3v) is 8.84. The van der Waals surface area contributed by atoms with Crippen LogP contribution in [0.25, 0.3) is 0 Å². The molecule has 7 nitrogen and oxygen atoms in total. The summed E-state index contributed by atoms with van der Waals surface area (Å²) in [4.78, 5) is 15.6. The molecule has 2 aliphatic carbocycles. The second-order valence-corrected chi connectivity index (χ2v) is 13.0. The van der Waals surface area contributed by atoms with E-state index in [1.165, 1.54) is 0 Å². The van der Waals surface area contributed by atoms with Crippen molar-refractivity contribution in [3.05, 3.63) is 45.3 Å². The Morgan fingerprint density at radius 1 is 1.25 bits per heavy atom. The van der Waals surface area contributed by atoms with Crippen LogP contribution in [-0.2, 0) is 14.8 Å². The van der Waals surface area contributed by atoms with Crippen LogP contribution < -0.4 is 5.32 Å². The van der Waals surface area contributed by atoms with Crippen LogP contribution in [0, 0.1) is 26.7 Å². The van der Waals surface area contributed by atoms with Crippen LogP contribution in [0.4, 0.5) is 5.69 Å². The number of rotatable bonds is 3. The minimum absolute atomic E-state index is 0.0196. The standard InChI is InChI=1S/C23H26IN3O4S/c1-23(2,3)8-9-27-19-13-5-4-12(10-13)17(19)20(28)18(22(27)29)21-25-15-7-6-14(24)11-16(15)32(30,31)26-21/h4-7,11-13,17,19,28H,8-10H2,1-3H3,(H,25,26). The number of halogens is 1. The molecule has 0 radical (unpaired) electrons. The third kappa shape index (κ3) is 3.48. The van der Waals surface area contributed by atoms with Crippen molar-refractivity contribution in [2.75, 3.05) is 11.9 Å². The predicted molar refractivity (Wildman–Crippen MR) is 131 cm³/mol. The van der Waals surface area contributed by atoms with Gasteiger partial charge in [-0.1, -0.05) is 32.9 Å². The van der Waals surface area contributed by atoms with Crippen LogP contribution in [0.1, 0.15) is 33.6 Å². The summed E-state index contributed by atoms with van der Waals surface area (Å²) in [6.07, 6.45) is 5.96. The van der Waals surface area contributed by atoms with Gasteiger partial charge < -0.3 is 15.3 Å². The molecule has 0 saturated heterocycles. The summed E-state index contributed by atoms with van der Waals surface area (Å²) in [5, 5.41) is 14.3. The molecule has 1 saturated carbocycles. The number of hydrogen-bond donors (Lipinski definition) is 2. The maximum absolute atomic E-state index is 13.7. The minimum atomic E-state index is -4.00. The number of amidine groups is 1. The van der Waals surface area contributed by atoms with Crippen LogP contribution >= 0.6 is 22.6 Å². The molecule has 1 aromatic carbocycles. The molecule has 4 unspecified atom stereocenters. The summed E-state index contributed by atoms with van der Waals surface area (Å²) >= 11 is 2.05. The van der Waals surface area contributed by atoms with Crippen molar-refractivity contribution in [2.24, 2.45) is 27.6 Å². The van der Waals surface area contributed by atoms with Crippen LogP contribution in [0.5, 0.6) is 0 Å². The fourth-order valence-electron chi connectivity index (χ4n) is 5.31. The molecule has 0 aromatic heterocycles. The van der Waals surface area contributed by atoms with E-state index in [2.05, 4.69) is 42.6 Å². The highest BCUT2D eigenvalue weighted by molar-refractivity contribution is 14.1. The lowest BCUT2D eigenvalue weighted by atomic mass is 9.80. The molecule has 9 heteroatoms. The van der Waals surface area contributed by atoms with E-state index in [1.54, 1.807) is 18.2 Å². The molecule has 5 rings (SSSR count). The summed E-state index contributed by atoms with van der Waals surface area (Å²) < 4.78 is 30.5. The first-order valence-corrected chi connectivity index (χ1v) is 13.3. The Morgan fingerprint density at radius 2 is 1.97 bits per heavy atom. The van der Waals surface area contributed by atoms with Gasteiger partial charge in [-0.3, -0.25) is 4.79 Å². The van der Waals surface area contributed by atoms with E-state index >= 15 is 0 Å². The van der Waals surface area contributed by atoms with E-state index in [9.17, 15) is 18.3 Å². The quantitative estimate of drug-likeness (QED) is 0.424. The van der Waals surface area contributed by atoms with Gasteiger partial charge in [0.1, 0.15) is 16.2 Å². The molecule has 2 heterocycles. The largest absolute Gasteiger partial charge is 0.511 e. The summed E-state index contributed by atoms with van der Waals surface area (Å²) in [6.45, 7) is 6.94. The van der Waals surface area contributed by atoms with E-state index in [-0.39, 0.29) is 57.2 Å². The van der Waals surface area contributed by atoms with Crippen molar-refractivity contribution in [2.45, 2.75) is 44.6 Å². The maximum Gasteiger partial charge on any atom is 0.286 e. The molecule has 1 aromatic rings. The molecule has 32 heavy (non-hydrogen) atoms. The number of allylic oxidation sites excluding steroid dienone is 1. The Hall–Kier alpha value is -1.88. The number of sulfonamides is 1. The van der Waals surface area contributed by atoms with Gasteiger partial charge in [0.25, 0.3) is 15.9 Å². The molecule has 2 bridgehead atoms. The summed E-state index contributed by atoms with van der Waals surface area (Å²) in [5.41, 5.74) is 0.376. The number of hydrogen-bond acceptors (Lipinski definition) is 5. The number of fused-ring (bicyclic) bond motifs is 6. The first-order valence-electron chi connectivity index (χ1n) is 10.8. The smallest absolute Gasteiger partial charge is 0.286 e. The molecule has 2 aliphatic heterocycles. The van der Waals surface area contributed by atoms with E-state index in [1.807, 2.05) is 27.5 Å². The number of amides is 1. The first kappa shape index (κ1) is 21.9. The number of benzene rings is 1. The van der Waals surface area contributed by atoms with Gasteiger partial charge in [-0.15, -0.1) is 4.40 Å². The van der Waals surface area contributed by atoms with Crippen LogP contribution in [0.3, 0.4) is 0 Å². The first-order chi connectivity index (χ1) is 15.0. The molecule has 1 amide bonds.